The highest BCUT2D eigenvalue weighted by Gasteiger charge is 2.28. The van der Waals surface area contributed by atoms with Crippen molar-refractivity contribution in [3.05, 3.63) is 35.6 Å². The highest BCUT2D eigenvalue weighted by Crippen LogP contribution is 2.22. The van der Waals surface area contributed by atoms with E-state index in [4.69, 9.17) is 5.73 Å². The van der Waals surface area contributed by atoms with E-state index in [1.807, 2.05) is 0 Å². The molecule has 1 amide bonds. The van der Waals surface area contributed by atoms with Gasteiger partial charge in [-0.2, -0.15) is 0 Å². The molecule has 19 heavy (non-hydrogen) atoms. The van der Waals surface area contributed by atoms with Gasteiger partial charge in [-0.1, -0.05) is 12.1 Å². The molecule has 0 saturated carbocycles. The molecule has 1 fully saturated rings. The largest absolute Gasteiger partial charge is 0.336 e. The molecule has 1 saturated heterocycles. The molecule has 106 valence electrons. The van der Waals surface area contributed by atoms with E-state index in [9.17, 15) is 9.18 Å². The van der Waals surface area contributed by atoms with Gasteiger partial charge < -0.3 is 10.6 Å². The Hall–Kier alpha value is -1.13. The molecule has 0 radical (unpaired) electrons. The van der Waals surface area contributed by atoms with Crippen molar-refractivity contribution in [1.29, 1.82) is 0 Å². The Labute approximate surface area is 119 Å². The molecule has 5 heteroatoms. The van der Waals surface area contributed by atoms with Crippen molar-refractivity contribution >= 4 is 18.3 Å². The Bertz CT molecular complexity index is 426. The fourth-order valence-electron chi connectivity index (χ4n) is 2.55. The standard InChI is InChI=1S/C14H19FN2O.ClH/c15-13-7-2-1-6-12(13)14(18)17-10-4-3-5-11(17)8-9-16;/h1-2,6-7,11H,3-5,8-10,16H2;1H. The first-order chi connectivity index (χ1) is 8.74. The topological polar surface area (TPSA) is 46.3 Å². The predicted molar refractivity (Wildman–Crippen MR) is 76.0 cm³/mol. The van der Waals surface area contributed by atoms with E-state index in [0.717, 1.165) is 25.7 Å². The molecule has 2 rings (SSSR count). The Kier molecular flexibility index (Phi) is 6.25. The van der Waals surface area contributed by atoms with Crippen LogP contribution in [0.3, 0.4) is 0 Å². The zero-order valence-electron chi connectivity index (χ0n) is 10.8. The maximum atomic E-state index is 13.6. The Balaban J connectivity index is 0.00000180. The van der Waals surface area contributed by atoms with E-state index in [-0.39, 0.29) is 29.9 Å². The Morgan fingerprint density at radius 1 is 1.37 bits per heavy atom. The third-order valence-corrected chi connectivity index (χ3v) is 3.49. The van der Waals surface area contributed by atoms with Crippen LogP contribution in [-0.4, -0.2) is 29.9 Å². The van der Waals surface area contributed by atoms with Crippen LogP contribution >= 0.6 is 12.4 Å². The number of benzene rings is 1. The van der Waals surface area contributed by atoms with E-state index >= 15 is 0 Å². The van der Waals surface area contributed by atoms with E-state index in [1.165, 1.54) is 6.07 Å². The molecule has 1 unspecified atom stereocenters. The minimum Gasteiger partial charge on any atom is -0.336 e. The van der Waals surface area contributed by atoms with E-state index < -0.39 is 5.82 Å². The van der Waals surface area contributed by atoms with Gasteiger partial charge in [0.25, 0.3) is 5.91 Å². The van der Waals surface area contributed by atoms with Gasteiger partial charge in [0, 0.05) is 12.6 Å². The number of nitrogens with two attached hydrogens (primary N) is 1. The first-order valence-corrected chi connectivity index (χ1v) is 6.49. The van der Waals surface area contributed by atoms with Gasteiger partial charge in [-0.15, -0.1) is 12.4 Å². The number of hydrogen-bond acceptors (Lipinski definition) is 2. The minimum absolute atomic E-state index is 0. The highest BCUT2D eigenvalue weighted by molar-refractivity contribution is 5.94. The normalized spacial score (nSPS) is 18.8. The molecule has 0 aliphatic carbocycles. The Morgan fingerprint density at radius 2 is 2.11 bits per heavy atom. The van der Waals surface area contributed by atoms with Gasteiger partial charge in [-0.05, 0) is 44.4 Å². The van der Waals surface area contributed by atoms with Crippen LogP contribution in [0, 0.1) is 5.82 Å². The van der Waals surface area contributed by atoms with E-state index in [2.05, 4.69) is 0 Å². The number of hydrogen-bond donors (Lipinski definition) is 1. The highest BCUT2D eigenvalue weighted by atomic mass is 35.5. The number of likely N-dealkylation sites (tertiary alicyclic amines) is 1. The van der Waals surface area contributed by atoms with Crippen LogP contribution in [0.15, 0.2) is 24.3 Å². The van der Waals surface area contributed by atoms with E-state index in [0.29, 0.717) is 13.1 Å². The zero-order valence-corrected chi connectivity index (χ0v) is 11.7. The van der Waals surface area contributed by atoms with Crippen LogP contribution in [-0.2, 0) is 0 Å². The van der Waals surface area contributed by atoms with E-state index in [1.54, 1.807) is 23.1 Å². The van der Waals surface area contributed by atoms with Gasteiger partial charge >= 0.3 is 0 Å². The van der Waals surface area contributed by atoms with Crippen molar-refractivity contribution in [2.45, 2.75) is 31.7 Å². The van der Waals surface area contributed by atoms with Crippen molar-refractivity contribution < 1.29 is 9.18 Å². The maximum absolute atomic E-state index is 13.6. The second-order valence-corrected chi connectivity index (χ2v) is 4.71. The lowest BCUT2D eigenvalue weighted by Crippen LogP contribution is -2.44. The number of carbonyl (C=O) groups is 1. The number of piperidine rings is 1. The summed E-state index contributed by atoms with van der Waals surface area (Å²) < 4.78 is 13.6. The first kappa shape index (κ1) is 15.9. The summed E-state index contributed by atoms with van der Waals surface area (Å²) in [6.07, 6.45) is 3.87. The smallest absolute Gasteiger partial charge is 0.257 e. The molecule has 1 aliphatic heterocycles. The molecule has 0 aromatic heterocycles. The summed E-state index contributed by atoms with van der Waals surface area (Å²) in [4.78, 5) is 14.1. The third-order valence-electron chi connectivity index (χ3n) is 3.49. The molecule has 1 atom stereocenters. The van der Waals surface area contributed by atoms with Gasteiger partial charge in [0.1, 0.15) is 5.82 Å². The molecule has 0 spiro atoms. The number of nitrogens with zero attached hydrogens (tertiary/aromatic N) is 1. The van der Waals surface area contributed by atoms with Crippen LogP contribution in [0.1, 0.15) is 36.0 Å². The third kappa shape index (κ3) is 3.67. The summed E-state index contributed by atoms with van der Waals surface area (Å²) in [6, 6.07) is 6.33. The first-order valence-electron chi connectivity index (χ1n) is 6.49. The average Bonchev–Trinajstić information content (AvgIpc) is 2.40. The van der Waals surface area contributed by atoms with Crippen LogP contribution < -0.4 is 5.73 Å². The SMILES string of the molecule is Cl.NCCC1CCCCN1C(=O)c1ccccc1F. The lowest BCUT2D eigenvalue weighted by molar-refractivity contribution is 0.0600. The molecular formula is C14H20ClFN2O. The number of halogens is 2. The van der Waals surface area contributed by atoms with Gasteiger partial charge in [0.05, 0.1) is 5.56 Å². The molecule has 1 heterocycles. The molecule has 3 nitrogen and oxygen atoms in total. The zero-order chi connectivity index (χ0) is 13.0. The van der Waals surface area contributed by atoms with Gasteiger partial charge in [-0.25, -0.2) is 4.39 Å². The fraction of sp³-hybridized carbons (Fsp3) is 0.500. The second-order valence-electron chi connectivity index (χ2n) is 4.71. The van der Waals surface area contributed by atoms with Gasteiger partial charge in [-0.3, -0.25) is 4.79 Å². The number of carbonyl (C=O) groups excluding carboxylic acids is 1. The lowest BCUT2D eigenvalue weighted by Gasteiger charge is -2.35. The number of rotatable bonds is 3. The summed E-state index contributed by atoms with van der Waals surface area (Å²) in [7, 11) is 0. The molecular weight excluding hydrogens is 267 g/mol. The summed E-state index contributed by atoms with van der Waals surface area (Å²) in [6.45, 7) is 1.27. The van der Waals surface area contributed by atoms with Gasteiger partial charge in [0.2, 0.25) is 0 Å². The maximum Gasteiger partial charge on any atom is 0.257 e. The average molecular weight is 287 g/mol. The van der Waals surface area contributed by atoms with Crippen molar-refractivity contribution in [1.82, 2.24) is 4.90 Å². The summed E-state index contributed by atoms with van der Waals surface area (Å²) in [5.41, 5.74) is 5.75. The molecule has 0 bridgehead atoms. The van der Waals surface area contributed by atoms with Crippen LogP contribution in [0.2, 0.25) is 0 Å². The van der Waals surface area contributed by atoms with Crippen molar-refractivity contribution in [2.24, 2.45) is 5.73 Å². The fourth-order valence-corrected chi connectivity index (χ4v) is 2.55. The minimum atomic E-state index is -0.445. The van der Waals surface area contributed by atoms with Gasteiger partial charge in [0.15, 0.2) is 0 Å². The number of amides is 1. The summed E-state index contributed by atoms with van der Waals surface area (Å²) >= 11 is 0. The summed E-state index contributed by atoms with van der Waals surface area (Å²) in [5, 5.41) is 0. The monoisotopic (exact) mass is 286 g/mol. The Morgan fingerprint density at radius 3 is 2.79 bits per heavy atom. The lowest BCUT2D eigenvalue weighted by atomic mass is 9.98. The van der Waals surface area contributed by atoms with Crippen LogP contribution in [0.4, 0.5) is 4.39 Å². The summed E-state index contributed by atoms with van der Waals surface area (Å²) in [5.74, 6) is -0.647. The molecule has 2 N–H and O–H groups in total. The molecule has 1 aromatic carbocycles. The predicted octanol–water partition coefficient (Wildman–Crippen LogP) is 2.59. The molecule has 1 aliphatic rings. The van der Waals surface area contributed by atoms with Crippen molar-refractivity contribution in [3.63, 3.8) is 0 Å². The second kappa shape index (κ2) is 7.46. The molecule has 1 aromatic rings. The van der Waals surface area contributed by atoms with Crippen LogP contribution in [0.5, 0.6) is 0 Å². The van der Waals surface area contributed by atoms with Crippen molar-refractivity contribution in [3.8, 4) is 0 Å². The quantitative estimate of drug-likeness (QED) is 0.928. The van der Waals surface area contributed by atoms with Crippen molar-refractivity contribution in [2.75, 3.05) is 13.1 Å². The van der Waals surface area contributed by atoms with Crippen LogP contribution in [0.25, 0.3) is 0 Å².